The van der Waals surface area contributed by atoms with E-state index in [9.17, 15) is 4.79 Å². The van der Waals surface area contributed by atoms with Gasteiger partial charge in [-0.25, -0.2) is 9.78 Å². The maximum Gasteiger partial charge on any atom is 0.354 e. The van der Waals surface area contributed by atoms with Gasteiger partial charge in [-0.3, -0.25) is 4.40 Å². The molecule has 0 bridgehead atoms. The van der Waals surface area contributed by atoms with E-state index in [1.165, 1.54) is 18.0 Å². The number of carboxylic acid groups (broad SMARTS) is 1. The summed E-state index contributed by atoms with van der Waals surface area (Å²) in [5, 5.41) is 18.0. The van der Waals surface area contributed by atoms with Gasteiger partial charge in [-0.2, -0.15) is 0 Å². The summed E-state index contributed by atoms with van der Waals surface area (Å²) in [5.74, 6) is -0.544. The largest absolute Gasteiger partial charge is 0.477 e. The zero-order valence-electron chi connectivity index (χ0n) is 10.3. The van der Waals surface area contributed by atoms with Gasteiger partial charge in [0.15, 0.2) is 16.5 Å². The lowest BCUT2D eigenvalue weighted by Crippen LogP contribution is -2.04. The molecule has 0 spiro atoms. The molecule has 0 aliphatic heterocycles. The lowest BCUT2D eigenvalue weighted by Gasteiger charge is -2.03. The molecule has 3 aromatic heterocycles. The van der Waals surface area contributed by atoms with Crippen molar-refractivity contribution >= 4 is 23.4 Å². The Morgan fingerprint density at radius 1 is 1.25 bits per heavy atom. The second-order valence-electron chi connectivity index (χ2n) is 4.02. The Bertz CT molecular complexity index is 772. The Kier molecular flexibility index (Phi) is 3.34. The number of aromatic carboxylic acids is 1. The van der Waals surface area contributed by atoms with E-state index >= 15 is 0 Å². The van der Waals surface area contributed by atoms with Crippen molar-refractivity contribution in [2.75, 3.05) is 0 Å². The SMILES string of the molecule is O=C(O)c1ncccc1CSc1nnc2ccccn12. The van der Waals surface area contributed by atoms with E-state index in [-0.39, 0.29) is 5.69 Å². The van der Waals surface area contributed by atoms with Gasteiger partial charge in [-0.1, -0.05) is 23.9 Å². The summed E-state index contributed by atoms with van der Waals surface area (Å²) in [6.07, 6.45) is 3.35. The van der Waals surface area contributed by atoms with Crippen LogP contribution in [0.4, 0.5) is 0 Å². The van der Waals surface area contributed by atoms with Crippen LogP contribution in [0.15, 0.2) is 47.9 Å². The second kappa shape index (κ2) is 5.30. The summed E-state index contributed by atoms with van der Waals surface area (Å²) in [5.41, 5.74) is 1.51. The third-order valence-corrected chi connectivity index (χ3v) is 3.72. The van der Waals surface area contributed by atoms with Crippen molar-refractivity contribution in [3.05, 3.63) is 54.0 Å². The average molecular weight is 286 g/mol. The summed E-state index contributed by atoms with van der Waals surface area (Å²) in [6, 6.07) is 9.13. The molecule has 7 heteroatoms. The van der Waals surface area contributed by atoms with E-state index in [4.69, 9.17) is 5.11 Å². The van der Waals surface area contributed by atoms with Gasteiger partial charge in [-0.05, 0) is 23.8 Å². The summed E-state index contributed by atoms with van der Waals surface area (Å²) in [4.78, 5) is 15.0. The minimum absolute atomic E-state index is 0.0776. The van der Waals surface area contributed by atoms with Crippen molar-refractivity contribution in [2.24, 2.45) is 0 Å². The predicted molar refractivity (Wildman–Crippen MR) is 73.7 cm³/mol. The molecule has 0 aliphatic rings. The Hall–Kier alpha value is -2.41. The molecule has 20 heavy (non-hydrogen) atoms. The molecule has 3 rings (SSSR count). The lowest BCUT2D eigenvalue weighted by atomic mass is 10.2. The number of thioether (sulfide) groups is 1. The zero-order valence-corrected chi connectivity index (χ0v) is 11.1. The smallest absolute Gasteiger partial charge is 0.354 e. The Labute approximate surface area is 118 Å². The molecule has 0 unspecified atom stereocenters. The maximum atomic E-state index is 11.1. The molecule has 0 aromatic carbocycles. The first-order valence-corrected chi connectivity index (χ1v) is 6.84. The summed E-state index contributed by atoms with van der Waals surface area (Å²) in [6.45, 7) is 0. The fourth-order valence-corrected chi connectivity index (χ4v) is 2.72. The molecule has 0 saturated heterocycles. The summed E-state index contributed by atoms with van der Waals surface area (Å²) in [7, 11) is 0. The van der Waals surface area contributed by atoms with E-state index in [1.54, 1.807) is 12.1 Å². The molecule has 0 fully saturated rings. The van der Waals surface area contributed by atoms with Gasteiger partial charge in [0.2, 0.25) is 0 Å². The minimum Gasteiger partial charge on any atom is -0.477 e. The Balaban J connectivity index is 1.85. The quantitative estimate of drug-likeness (QED) is 0.740. The number of carboxylic acids is 1. The molecule has 0 radical (unpaired) electrons. The van der Waals surface area contributed by atoms with Crippen molar-refractivity contribution in [1.29, 1.82) is 0 Å². The molecular formula is C13H10N4O2S. The van der Waals surface area contributed by atoms with E-state index in [0.29, 0.717) is 11.3 Å². The Morgan fingerprint density at radius 3 is 3.00 bits per heavy atom. The van der Waals surface area contributed by atoms with Gasteiger partial charge in [0.05, 0.1) is 0 Å². The highest BCUT2D eigenvalue weighted by Crippen LogP contribution is 2.22. The number of pyridine rings is 2. The number of aromatic nitrogens is 4. The number of hydrogen-bond donors (Lipinski definition) is 1. The van der Waals surface area contributed by atoms with E-state index in [1.807, 2.05) is 28.8 Å². The van der Waals surface area contributed by atoms with Crippen molar-refractivity contribution in [3.63, 3.8) is 0 Å². The topological polar surface area (TPSA) is 80.4 Å². The van der Waals surface area contributed by atoms with Gasteiger partial charge >= 0.3 is 5.97 Å². The van der Waals surface area contributed by atoms with Crippen molar-refractivity contribution in [1.82, 2.24) is 19.6 Å². The fraction of sp³-hybridized carbons (Fsp3) is 0.0769. The van der Waals surface area contributed by atoms with Crippen LogP contribution in [-0.4, -0.2) is 30.7 Å². The van der Waals surface area contributed by atoms with Crippen LogP contribution < -0.4 is 0 Å². The van der Waals surface area contributed by atoms with E-state index < -0.39 is 5.97 Å². The third-order valence-electron chi connectivity index (χ3n) is 2.73. The third kappa shape index (κ3) is 2.35. The first-order chi connectivity index (χ1) is 9.75. The van der Waals surface area contributed by atoms with Crippen LogP contribution >= 0.6 is 11.8 Å². The average Bonchev–Trinajstić information content (AvgIpc) is 2.88. The molecule has 3 aromatic rings. The van der Waals surface area contributed by atoms with Gasteiger partial charge in [0.25, 0.3) is 0 Å². The van der Waals surface area contributed by atoms with E-state index in [2.05, 4.69) is 15.2 Å². The summed E-state index contributed by atoms with van der Waals surface area (Å²) < 4.78 is 1.86. The highest BCUT2D eigenvalue weighted by atomic mass is 32.2. The highest BCUT2D eigenvalue weighted by Gasteiger charge is 2.12. The van der Waals surface area contributed by atoms with Crippen LogP contribution in [0.2, 0.25) is 0 Å². The molecule has 1 N–H and O–H groups in total. The van der Waals surface area contributed by atoms with Crippen molar-refractivity contribution < 1.29 is 9.90 Å². The van der Waals surface area contributed by atoms with Crippen LogP contribution in [0.5, 0.6) is 0 Å². The zero-order chi connectivity index (χ0) is 13.9. The number of fused-ring (bicyclic) bond motifs is 1. The molecule has 0 aliphatic carbocycles. The van der Waals surface area contributed by atoms with Gasteiger partial charge < -0.3 is 5.11 Å². The first-order valence-electron chi connectivity index (χ1n) is 5.85. The molecule has 0 amide bonds. The van der Waals surface area contributed by atoms with E-state index in [0.717, 1.165) is 10.8 Å². The molecule has 0 saturated carbocycles. The minimum atomic E-state index is -1.02. The molecule has 100 valence electrons. The van der Waals surface area contributed by atoms with Crippen molar-refractivity contribution in [2.45, 2.75) is 10.9 Å². The number of rotatable bonds is 4. The maximum absolute atomic E-state index is 11.1. The van der Waals surface area contributed by atoms with Crippen LogP contribution in [0.1, 0.15) is 16.1 Å². The monoisotopic (exact) mass is 286 g/mol. The predicted octanol–water partition coefficient (Wildman–Crippen LogP) is 2.11. The van der Waals surface area contributed by atoms with Crippen LogP contribution in [-0.2, 0) is 5.75 Å². The van der Waals surface area contributed by atoms with Crippen LogP contribution in [0.25, 0.3) is 5.65 Å². The molecular weight excluding hydrogens is 276 g/mol. The van der Waals surface area contributed by atoms with Crippen LogP contribution in [0.3, 0.4) is 0 Å². The first kappa shape index (κ1) is 12.6. The van der Waals surface area contributed by atoms with Gasteiger partial charge in [-0.15, -0.1) is 10.2 Å². The van der Waals surface area contributed by atoms with Gasteiger partial charge in [0, 0.05) is 18.1 Å². The molecule has 3 heterocycles. The van der Waals surface area contributed by atoms with Crippen LogP contribution in [0, 0.1) is 0 Å². The molecule has 0 atom stereocenters. The second-order valence-corrected chi connectivity index (χ2v) is 4.96. The summed E-state index contributed by atoms with van der Waals surface area (Å²) >= 11 is 1.43. The molecule has 6 nitrogen and oxygen atoms in total. The number of carbonyl (C=O) groups is 1. The fourth-order valence-electron chi connectivity index (χ4n) is 1.81. The lowest BCUT2D eigenvalue weighted by molar-refractivity contribution is 0.0689. The normalized spacial score (nSPS) is 10.8. The number of hydrogen-bond acceptors (Lipinski definition) is 5. The standard InChI is InChI=1S/C13H10N4O2S/c18-12(19)11-9(4-3-6-14-11)8-20-13-16-15-10-5-1-2-7-17(10)13/h1-7H,8H2,(H,18,19). The Morgan fingerprint density at radius 2 is 2.15 bits per heavy atom. The number of nitrogens with zero attached hydrogens (tertiary/aromatic N) is 4. The highest BCUT2D eigenvalue weighted by molar-refractivity contribution is 7.98. The van der Waals surface area contributed by atoms with Gasteiger partial charge in [0.1, 0.15) is 0 Å². The van der Waals surface area contributed by atoms with Crippen molar-refractivity contribution in [3.8, 4) is 0 Å².